The van der Waals surface area contributed by atoms with Crippen molar-refractivity contribution in [1.29, 1.82) is 0 Å². The van der Waals surface area contributed by atoms with Crippen molar-refractivity contribution in [3.63, 3.8) is 0 Å². The molecule has 0 saturated carbocycles. The fraction of sp³-hybridized carbons (Fsp3) is 0.474. The summed E-state index contributed by atoms with van der Waals surface area (Å²) in [4.78, 5) is 18.3. The van der Waals surface area contributed by atoms with Crippen LogP contribution in [-0.2, 0) is 24.8 Å². The highest BCUT2D eigenvalue weighted by molar-refractivity contribution is 5.89. The first kappa shape index (κ1) is 16.7. The second kappa shape index (κ2) is 7.62. The molecule has 0 bridgehead atoms. The predicted molar refractivity (Wildman–Crippen MR) is 95.7 cm³/mol. The predicted octanol–water partition coefficient (Wildman–Crippen LogP) is 2.83. The topological polar surface area (TPSA) is 50.2 Å². The number of imidazole rings is 1. The van der Waals surface area contributed by atoms with Gasteiger partial charge in [0.2, 0.25) is 5.91 Å². The van der Waals surface area contributed by atoms with Crippen molar-refractivity contribution in [3.05, 3.63) is 48.0 Å². The zero-order valence-electron chi connectivity index (χ0n) is 14.5. The van der Waals surface area contributed by atoms with Gasteiger partial charge in [-0.3, -0.25) is 9.69 Å². The van der Waals surface area contributed by atoms with Gasteiger partial charge in [-0.2, -0.15) is 0 Å². The molecule has 3 rings (SSSR count). The Morgan fingerprint density at radius 2 is 2.21 bits per heavy atom. The standard InChI is InChI=1S/C19H26N4O/c1-15(24)21-18-8-4-3-7-17(18)14-23-10-5-6-16(13-23)12-19-20-9-11-22(19)2/h3-4,7-9,11,16H,5-6,10,12-14H2,1-2H3,(H,21,24). The first-order valence-electron chi connectivity index (χ1n) is 8.66. The average molecular weight is 326 g/mol. The molecule has 2 heterocycles. The van der Waals surface area contributed by atoms with Crippen molar-refractivity contribution in [2.45, 2.75) is 32.7 Å². The number of nitrogens with zero attached hydrogens (tertiary/aromatic N) is 3. The van der Waals surface area contributed by atoms with Gasteiger partial charge in [-0.15, -0.1) is 0 Å². The van der Waals surface area contributed by atoms with Crippen LogP contribution in [0.5, 0.6) is 0 Å². The fourth-order valence-corrected chi connectivity index (χ4v) is 3.52. The lowest BCUT2D eigenvalue weighted by atomic mass is 9.94. The number of nitrogens with one attached hydrogen (secondary N) is 1. The van der Waals surface area contributed by atoms with Crippen molar-refractivity contribution in [2.24, 2.45) is 13.0 Å². The summed E-state index contributed by atoms with van der Waals surface area (Å²) >= 11 is 0. The molecule has 1 saturated heterocycles. The lowest BCUT2D eigenvalue weighted by Crippen LogP contribution is -2.36. The van der Waals surface area contributed by atoms with Gasteiger partial charge in [0.05, 0.1) is 0 Å². The summed E-state index contributed by atoms with van der Waals surface area (Å²) in [7, 11) is 2.06. The Balaban J connectivity index is 1.63. The quantitative estimate of drug-likeness (QED) is 0.919. The minimum Gasteiger partial charge on any atom is -0.338 e. The molecule has 1 aliphatic heterocycles. The van der Waals surface area contributed by atoms with Crippen LogP contribution >= 0.6 is 0 Å². The summed E-state index contributed by atoms with van der Waals surface area (Å²) in [6, 6.07) is 8.09. The van der Waals surface area contributed by atoms with Crippen LogP contribution in [0.3, 0.4) is 0 Å². The largest absolute Gasteiger partial charge is 0.338 e. The van der Waals surface area contributed by atoms with Crippen molar-refractivity contribution in [3.8, 4) is 0 Å². The maximum absolute atomic E-state index is 11.4. The first-order valence-corrected chi connectivity index (χ1v) is 8.66. The van der Waals surface area contributed by atoms with Crippen LogP contribution in [-0.4, -0.2) is 33.4 Å². The molecule has 5 heteroatoms. The summed E-state index contributed by atoms with van der Waals surface area (Å²) in [5.74, 6) is 1.79. The lowest BCUT2D eigenvalue weighted by Gasteiger charge is -2.33. The van der Waals surface area contributed by atoms with E-state index in [2.05, 4.69) is 32.9 Å². The highest BCUT2D eigenvalue weighted by atomic mass is 16.1. The van der Waals surface area contributed by atoms with Gasteiger partial charge in [0.25, 0.3) is 0 Å². The first-order chi connectivity index (χ1) is 11.6. The second-order valence-corrected chi connectivity index (χ2v) is 6.74. The van der Waals surface area contributed by atoms with E-state index in [1.165, 1.54) is 24.2 Å². The third kappa shape index (κ3) is 4.23. The number of benzene rings is 1. The van der Waals surface area contributed by atoms with Crippen LogP contribution in [0.1, 0.15) is 31.2 Å². The van der Waals surface area contributed by atoms with Gasteiger partial charge < -0.3 is 9.88 Å². The Kier molecular flexibility index (Phi) is 5.30. The van der Waals surface area contributed by atoms with Crippen molar-refractivity contribution >= 4 is 11.6 Å². The van der Waals surface area contributed by atoms with E-state index >= 15 is 0 Å². The van der Waals surface area contributed by atoms with Gasteiger partial charge in [-0.1, -0.05) is 18.2 Å². The zero-order valence-corrected chi connectivity index (χ0v) is 14.5. The molecule has 1 atom stereocenters. The molecule has 0 spiro atoms. The van der Waals surface area contributed by atoms with Crippen LogP contribution in [0.25, 0.3) is 0 Å². The normalized spacial score (nSPS) is 18.5. The molecule has 1 amide bonds. The number of amides is 1. The summed E-state index contributed by atoms with van der Waals surface area (Å²) in [5, 5.41) is 2.94. The molecule has 1 N–H and O–H groups in total. The van der Waals surface area contributed by atoms with Gasteiger partial charge in [0, 0.05) is 51.6 Å². The van der Waals surface area contributed by atoms with E-state index in [1.807, 2.05) is 30.6 Å². The molecule has 24 heavy (non-hydrogen) atoms. The highest BCUT2D eigenvalue weighted by Gasteiger charge is 2.22. The van der Waals surface area contributed by atoms with Gasteiger partial charge >= 0.3 is 0 Å². The number of carbonyl (C=O) groups excluding carboxylic acids is 1. The second-order valence-electron chi connectivity index (χ2n) is 6.74. The molecule has 5 nitrogen and oxygen atoms in total. The smallest absolute Gasteiger partial charge is 0.221 e. The van der Waals surface area contributed by atoms with E-state index in [-0.39, 0.29) is 5.91 Å². The Morgan fingerprint density at radius 3 is 2.96 bits per heavy atom. The minimum atomic E-state index is -0.0197. The van der Waals surface area contributed by atoms with E-state index in [4.69, 9.17) is 0 Å². The van der Waals surface area contributed by atoms with Crippen LogP contribution in [0.2, 0.25) is 0 Å². The summed E-state index contributed by atoms with van der Waals surface area (Å²) < 4.78 is 2.12. The molecular formula is C19H26N4O. The van der Waals surface area contributed by atoms with E-state index in [0.29, 0.717) is 5.92 Å². The minimum absolute atomic E-state index is 0.0197. The van der Waals surface area contributed by atoms with Crippen LogP contribution in [0.15, 0.2) is 36.7 Å². The Labute approximate surface area is 143 Å². The number of carbonyl (C=O) groups is 1. The van der Waals surface area contributed by atoms with Crippen LogP contribution in [0, 0.1) is 5.92 Å². The number of para-hydroxylation sites is 1. The summed E-state index contributed by atoms with van der Waals surface area (Å²) in [6.07, 6.45) is 7.40. The molecule has 1 aromatic heterocycles. The Morgan fingerprint density at radius 1 is 1.38 bits per heavy atom. The molecular weight excluding hydrogens is 300 g/mol. The van der Waals surface area contributed by atoms with E-state index in [0.717, 1.165) is 31.7 Å². The van der Waals surface area contributed by atoms with Crippen molar-refractivity contribution in [2.75, 3.05) is 18.4 Å². The third-order valence-electron chi connectivity index (χ3n) is 4.72. The van der Waals surface area contributed by atoms with Crippen molar-refractivity contribution in [1.82, 2.24) is 14.5 Å². The van der Waals surface area contributed by atoms with E-state index in [9.17, 15) is 4.79 Å². The molecule has 0 radical (unpaired) electrons. The lowest BCUT2D eigenvalue weighted by molar-refractivity contribution is -0.114. The number of aromatic nitrogens is 2. The van der Waals surface area contributed by atoms with Gasteiger partial charge in [-0.25, -0.2) is 4.98 Å². The fourth-order valence-electron chi connectivity index (χ4n) is 3.52. The van der Waals surface area contributed by atoms with Gasteiger partial charge in [0.15, 0.2) is 0 Å². The van der Waals surface area contributed by atoms with E-state index in [1.54, 1.807) is 6.92 Å². The summed E-state index contributed by atoms with van der Waals surface area (Å²) in [6.45, 7) is 4.64. The molecule has 2 aromatic rings. The third-order valence-corrected chi connectivity index (χ3v) is 4.72. The number of aryl methyl sites for hydroxylation is 1. The number of anilines is 1. The molecule has 1 aromatic carbocycles. The molecule has 0 aliphatic carbocycles. The highest BCUT2D eigenvalue weighted by Crippen LogP contribution is 2.24. The van der Waals surface area contributed by atoms with E-state index < -0.39 is 0 Å². The molecule has 1 unspecified atom stereocenters. The van der Waals surface area contributed by atoms with Gasteiger partial charge in [0.1, 0.15) is 5.82 Å². The zero-order chi connectivity index (χ0) is 16.9. The Bertz CT molecular complexity index is 694. The van der Waals surface area contributed by atoms with Gasteiger partial charge in [-0.05, 0) is 36.9 Å². The Hall–Kier alpha value is -2.14. The number of piperidine rings is 1. The van der Waals surface area contributed by atoms with Crippen LogP contribution in [0.4, 0.5) is 5.69 Å². The number of hydrogen-bond acceptors (Lipinski definition) is 3. The number of likely N-dealkylation sites (tertiary alicyclic amines) is 1. The maximum atomic E-state index is 11.4. The van der Waals surface area contributed by atoms with Crippen molar-refractivity contribution < 1.29 is 4.79 Å². The monoisotopic (exact) mass is 326 g/mol. The SMILES string of the molecule is CC(=O)Nc1ccccc1CN1CCCC(Cc2nccn2C)C1. The molecule has 128 valence electrons. The summed E-state index contributed by atoms with van der Waals surface area (Å²) in [5.41, 5.74) is 2.11. The van der Waals surface area contributed by atoms with Crippen LogP contribution < -0.4 is 5.32 Å². The number of rotatable bonds is 5. The number of hydrogen-bond donors (Lipinski definition) is 1. The maximum Gasteiger partial charge on any atom is 0.221 e. The average Bonchev–Trinajstić information content (AvgIpc) is 2.94. The molecule has 1 fully saturated rings. The molecule has 1 aliphatic rings.